The zero-order chi connectivity index (χ0) is 14.0. The van der Waals surface area contributed by atoms with Gasteiger partial charge in [-0.2, -0.15) is 0 Å². The van der Waals surface area contributed by atoms with Gasteiger partial charge in [0.25, 0.3) is 0 Å². The minimum absolute atomic E-state index is 0.113. The molecule has 1 aromatic heterocycles. The van der Waals surface area contributed by atoms with Gasteiger partial charge < -0.3 is 9.47 Å². The zero-order valence-electron chi connectivity index (χ0n) is 11.5. The summed E-state index contributed by atoms with van der Waals surface area (Å²) in [7, 11) is 2.11. The van der Waals surface area contributed by atoms with E-state index in [1.807, 2.05) is 25.1 Å². The lowest BCUT2D eigenvalue weighted by atomic mass is 10.3. The molecule has 1 atom stereocenters. The molecule has 0 aliphatic carbocycles. The highest BCUT2D eigenvalue weighted by Gasteiger charge is 2.15. The van der Waals surface area contributed by atoms with Gasteiger partial charge >= 0.3 is 0 Å². The van der Waals surface area contributed by atoms with Gasteiger partial charge in [-0.05, 0) is 38.7 Å². The first kappa shape index (κ1) is 14.6. The van der Waals surface area contributed by atoms with Gasteiger partial charge in [-0.15, -0.1) is 11.6 Å². The second kappa shape index (κ2) is 6.12. The monoisotopic (exact) mass is 299 g/mol. The van der Waals surface area contributed by atoms with E-state index in [2.05, 4.69) is 28.4 Å². The molecule has 3 nitrogen and oxygen atoms in total. The number of rotatable bonds is 5. The molecule has 0 amide bonds. The molecule has 0 saturated carbocycles. The maximum Gasteiger partial charge on any atom is 0.127 e. The maximum atomic E-state index is 6.24. The van der Waals surface area contributed by atoms with Gasteiger partial charge in [0.15, 0.2) is 0 Å². The topological polar surface area (TPSA) is 21.1 Å². The molecule has 0 spiro atoms. The van der Waals surface area contributed by atoms with Crippen LogP contribution in [0.5, 0.6) is 0 Å². The molecular formula is C14H19Cl2N3. The number of imidazole rings is 1. The van der Waals surface area contributed by atoms with Crippen LogP contribution in [0.2, 0.25) is 5.02 Å². The van der Waals surface area contributed by atoms with Crippen molar-refractivity contribution in [3.63, 3.8) is 0 Å². The minimum Gasteiger partial charge on any atom is -0.325 e. The summed E-state index contributed by atoms with van der Waals surface area (Å²) in [6.07, 6.45) is 0. The zero-order valence-corrected chi connectivity index (χ0v) is 13.0. The molecule has 1 unspecified atom stereocenters. The highest BCUT2D eigenvalue weighted by molar-refractivity contribution is 6.31. The summed E-state index contributed by atoms with van der Waals surface area (Å²) in [4.78, 5) is 6.87. The van der Waals surface area contributed by atoms with Gasteiger partial charge in [-0.25, -0.2) is 4.98 Å². The van der Waals surface area contributed by atoms with Gasteiger partial charge in [0.2, 0.25) is 0 Å². The Kier molecular flexibility index (Phi) is 4.71. The molecule has 0 saturated heterocycles. The fourth-order valence-electron chi connectivity index (χ4n) is 2.09. The van der Waals surface area contributed by atoms with Crippen LogP contribution in [0.3, 0.4) is 0 Å². The fourth-order valence-corrected chi connectivity index (χ4v) is 2.42. The van der Waals surface area contributed by atoms with Crippen molar-refractivity contribution in [3.05, 3.63) is 29.0 Å². The molecule has 0 aliphatic heterocycles. The first-order valence-corrected chi connectivity index (χ1v) is 7.32. The van der Waals surface area contributed by atoms with E-state index < -0.39 is 0 Å². The third kappa shape index (κ3) is 3.22. The van der Waals surface area contributed by atoms with E-state index in [1.165, 1.54) is 0 Å². The normalized spacial score (nSPS) is 13.4. The number of alkyl halides is 1. The lowest BCUT2D eigenvalue weighted by Crippen LogP contribution is -2.23. The third-order valence-electron chi connectivity index (χ3n) is 3.34. The summed E-state index contributed by atoms with van der Waals surface area (Å²) in [5, 5.41) is 0.592. The van der Waals surface area contributed by atoms with Crippen LogP contribution in [-0.4, -0.2) is 34.6 Å². The standard InChI is InChI=1S/C14H19Cl2N3/c1-4-18(3)7-8-19-13-6-5-11(16)9-12(13)17-14(19)10(2)15/h5-6,9-10H,4,7-8H2,1-3H3. The van der Waals surface area contributed by atoms with Crippen LogP contribution in [0.1, 0.15) is 25.0 Å². The summed E-state index contributed by atoms with van der Waals surface area (Å²) in [5.74, 6) is 0.906. The van der Waals surface area contributed by atoms with Crippen molar-refractivity contribution in [1.29, 1.82) is 0 Å². The van der Waals surface area contributed by atoms with Crippen LogP contribution in [-0.2, 0) is 6.54 Å². The predicted octanol–water partition coefficient (Wildman–Crippen LogP) is 3.94. The van der Waals surface area contributed by atoms with Crippen LogP contribution in [0.4, 0.5) is 0 Å². The van der Waals surface area contributed by atoms with Crippen molar-refractivity contribution in [2.45, 2.75) is 25.8 Å². The highest BCUT2D eigenvalue weighted by atomic mass is 35.5. The van der Waals surface area contributed by atoms with E-state index in [0.29, 0.717) is 5.02 Å². The van der Waals surface area contributed by atoms with Crippen molar-refractivity contribution in [2.24, 2.45) is 0 Å². The molecule has 1 heterocycles. The van der Waals surface area contributed by atoms with E-state index in [1.54, 1.807) is 0 Å². The molecule has 0 fully saturated rings. The van der Waals surface area contributed by atoms with Crippen LogP contribution in [0, 0.1) is 0 Å². The van der Waals surface area contributed by atoms with Crippen molar-refractivity contribution >= 4 is 34.2 Å². The number of halogens is 2. The van der Waals surface area contributed by atoms with E-state index in [-0.39, 0.29) is 5.38 Å². The van der Waals surface area contributed by atoms with Gasteiger partial charge in [0.1, 0.15) is 5.82 Å². The Morgan fingerprint density at radius 3 is 2.79 bits per heavy atom. The smallest absolute Gasteiger partial charge is 0.127 e. The van der Waals surface area contributed by atoms with Crippen molar-refractivity contribution in [1.82, 2.24) is 14.5 Å². The second-order valence-corrected chi connectivity index (χ2v) is 5.86. The molecule has 5 heteroatoms. The first-order chi connectivity index (χ1) is 9.02. The Bertz CT molecular complexity index is 563. The molecular weight excluding hydrogens is 281 g/mol. The maximum absolute atomic E-state index is 6.24. The summed E-state index contributed by atoms with van der Waals surface area (Å²) < 4.78 is 2.19. The van der Waals surface area contributed by atoms with Crippen LogP contribution in [0.25, 0.3) is 11.0 Å². The number of aromatic nitrogens is 2. The summed E-state index contributed by atoms with van der Waals surface area (Å²) in [6.45, 7) is 6.99. The second-order valence-electron chi connectivity index (χ2n) is 4.77. The van der Waals surface area contributed by atoms with E-state index in [9.17, 15) is 0 Å². The molecule has 1 aromatic carbocycles. The van der Waals surface area contributed by atoms with Gasteiger partial charge in [0.05, 0.1) is 16.4 Å². The number of hydrogen-bond acceptors (Lipinski definition) is 2. The van der Waals surface area contributed by atoms with E-state index >= 15 is 0 Å². The molecule has 2 rings (SSSR count). The highest BCUT2D eigenvalue weighted by Crippen LogP contribution is 2.26. The number of benzene rings is 1. The van der Waals surface area contributed by atoms with Crippen LogP contribution >= 0.6 is 23.2 Å². The van der Waals surface area contributed by atoms with Crippen LogP contribution < -0.4 is 0 Å². The summed E-state index contributed by atoms with van der Waals surface area (Å²) >= 11 is 12.3. The largest absolute Gasteiger partial charge is 0.325 e. The molecule has 104 valence electrons. The quantitative estimate of drug-likeness (QED) is 0.780. The number of hydrogen-bond donors (Lipinski definition) is 0. The predicted molar refractivity (Wildman–Crippen MR) is 82.2 cm³/mol. The van der Waals surface area contributed by atoms with Gasteiger partial charge in [-0.3, -0.25) is 0 Å². The van der Waals surface area contributed by atoms with Crippen molar-refractivity contribution in [2.75, 3.05) is 20.1 Å². The van der Waals surface area contributed by atoms with Crippen molar-refractivity contribution < 1.29 is 0 Å². The Hall–Kier alpha value is -0.770. The minimum atomic E-state index is -0.113. The molecule has 0 bridgehead atoms. The van der Waals surface area contributed by atoms with E-state index in [0.717, 1.165) is 36.5 Å². The third-order valence-corrected chi connectivity index (χ3v) is 3.77. The van der Waals surface area contributed by atoms with Crippen molar-refractivity contribution in [3.8, 4) is 0 Å². The Morgan fingerprint density at radius 2 is 2.16 bits per heavy atom. The molecule has 0 radical (unpaired) electrons. The average Bonchev–Trinajstić information content (AvgIpc) is 2.73. The Labute approximate surface area is 124 Å². The van der Waals surface area contributed by atoms with E-state index in [4.69, 9.17) is 23.2 Å². The Balaban J connectivity index is 2.40. The first-order valence-electron chi connectivity index (χ1n) is 6.51. The van der Waals surface area contributed by atoms with Gasteiger partial charge in [0, 0.05) is 18.1 Å². The lowest BCUT2D eigenvalue weighted by molar-refractivity contribution is 0.335. The number of fused-ring (bicyclic) bond motifs is 1. The lowest BCUT2D eigenvalue weighted by Gasteiger charge is -2.16. The number of likely N-dealkylation sites (N-methyl/N-ethyl adjacent to an activating group) is 1. The molecule has 19 heavy (non-hydrogen) atoms. The molecule has 0 aliphatic rings. The molecule has 0 N–H and O–H groups in total. The molecule has 2 aromatic rings. The summed E-state index contributed by atoms with van der Waals surface area (Å²) in [5.41, 5.74) is 2.01. The van der Waals surface area contributed by atoms with Crippen LogP contribution in [0.15, 0.2) is 18.2 Å². The SMILES string of the molecule is CCN(C)CCn1c(C(C)Cl)nc2cc(Cl)ccc21. The fraction of sp³-hybridized carbons (Fsp3) is 0.500. The Morgan fingerprint density at radius 1 is 1.42 bits per heavy atom. The number of nitrogens with zero attached hydrogens (tertiary/aromatic N) is 3. The van der Waals surface area contributed by atoms with Gasteiger partial charge in [-0.1, -0.05) is 18.5 Å². The average molecular weight is 300 g/mol. The summed E-state index contributed by atoms with van der Waals surface area (Å²) in [6, 6.07) is 5.80.